The van der Waals surface area contributed by atoms with Crippen LogP contribution >= 0.6 is 0 Å². The number of aliphatic hydroxyl groups is 1. The van der Waals surface area contributed by atoms with Gasteiger partial charge in [-0.2, -0.15) is 0 Å². The Morgan fingerprint density at radius 2 is 1.70 bits per heavy atom. The number of imidazole rings is 1. The quantitative estimate of drug-likeness (QED) is 0.215. The zero-order valence-electron chi connectivity index (χ0n) is 26.0. The molecule has 47 heavy (non-hydrogen) atoms. The van der Waals surface area contributed by atoms with E-state index in [2.05, 4.69) is 34.1 Å². The summed E-state index contributed by atoms with van der Waals surface area (Å²) in [6.45, 7) is 2.56. The smallest absolute Gasteiger partial charge is 0.272 e. The van der Waals surface area contributed by atoms with Crippen molar-refractivity contribution in [1.29, 1.82) is 0 Å². The summed E-state index contributed by atoms with van der Waals surface area (Å²) >= 11 is 0. The van der Waals surface area contributed by atoms with E-state index in [0.717, 1.165) is 71.7 Å². The normalized spacial score (nSPS) is 14.2. The Labute approximate surface area is 271 Å². The molecule has 6 aromatic rings. The number of benzene rings is 2. The molecule has 0 saturated carbocycles. The van der Waals surface area contributed by atoms with Gasteiger partial charge in [-0.25, -0.2) is 15.0 Å². The number of ether oxygens (including phenoxy) is 1. The molecule has 3 N–H and O–H groups in total. The van der Waals surface area contributed by atoms with Crippen molar-refractivity contribution in [3.63, 3.8) is 0 Å². The molecule has 3 aromatic heterocycles. The first-order valence-electron chi connectivity index (χ1n) is 15.7. The van der Waals surface area contributed by atoms with Crippen LogP contribution in [0.2, 0.25) is 0 Å². The summed E-state index contributed by atoms with van der Waals surface area (Å²) in [5.41, 5.74) is 11.6. The van der Waals surface area contributed by atoms with Gasteiger partial charge >= 0.3 is 0 Å². The van der Waals surface area contributed by atoms with Crippen LogP contribution in [0, 0.1) is 0 Å². The molecule has 1 saturated heterocycles. The van der Waals surface area contributed by atoms with Crippen molar-refractivity contribution < 1.29 is 9.84 Å². The number of hydrogen-bond acceptors (Lipinski definition) is 10. The van der Waals surface area contributed by atoms with Gasteiger partial charge < -0.3 is 20.5 Å². The second-order valence-electron chi connectivity index (χ2n) is 11.7. The number of likely N-dealkylation sites (tertiary alicyclic amines) is 1. The SMILES string of the molecule is COc1c(N(CCO)C2CCN(Cc3ccc(-n4c(-c5cccnc5N)nc5ccc(-c6ccccc6)nc54)cc3)CC2)c(=O)c1=O. The zero-order valence-corrected chi connectivity index (χ0v) is 26.0. The van der Waals surface area contributed by atoms with Crippen LogP contribution in [-0.2, 0) is 6.54 Å². The topological polar surface area (TPSA) is 140 Å². The van der Waals surface area contributed by atoms with Crippen molar-refractivity contribution in [3.05, 3.63) is 111 Å². The number of nitrogens with zero attached hydrogens (tertiary/aromatic N) is 6. The highest BCUT2D eigenvalue weighted by Crippen LogP contribution is 2.32. The van der Waals surface area contributed by atoms with Gasteiger partial charge in [-0.1, -0.05) is 42.5 Å². The number of fused-ring (bicyclic) bond motifs is 1. The number of nitrogen functional groups attached to an aromatic ring is 1. The maximum absolute atomic E-state index is 12.3. The Bertz CT molecular complexity index is 2100. The van der Waals surface area contributed by atoms with Crippen LogP contribution in [0.25, 0.3) is 39.5 Å². The molecule has 1 aliphatic rings. The molecule has 0 radical (unpaired) electrons. The van der Waals surface area contributed by atoms with E-state index in [1.54, 1.807) is 6.20 Å². The molecule has 3 aromatic carbocycles. The van der Waals surface area contributed by atoms with Gasteiger partial charge in [0.15, 0.2) is 17.2 Å². The van der Waals surface area contributed by atoms with Crippen LogP contribution < -0.4 is 26.2 Å². The summed E-state index contributed by atoms with van der Waals surface area (Å²) in [5.74, 6) is 1.16. The molecule has 0 unspecified atom stereocenters. The third-order valence-corrected chi connectivity index (χ3v) is 8.93. The molecular formula is C36H35N7O4. The summed E-state index contributed by atoms with van der Waals surface area (Å²) < 4.78 is 7.22. The first kappa shape index (κ1) is 30.3. The summed E-state index contributed by atoms with van der Waals surface area (Å²) in [6, 6.07) is 26.3. The van der Waals surface area contributed by atoms with Gasteiger partial charge in [-0.3, -0.25) is 19.1 Å². The van der Waals surface area contributed by atoms with E-state index in [1.165, 1.54) is 7.11 Å². The third-order valence-electron chi connectivity index (χ3n) is 8.93. The van der Waals surface area contributed by atoms with Gasteiger partial charge in [0, 0.05) is 49.7 Å². The van der Waals surface area contributed by atoms with Crippen molar-refractivity contribution in [2.75, 3.05) is 44.0 Å². The van der Waals surface area contributed by atoms with Crippen LogP contribution in [-0.4, -0.2) is 68.9 Å². The fourth-order valence-electron chi connectivity index (χ4n) is 6.55. The standard InChI is InChI=1S/C36H35N7O4/c1-47-33-30(31(45)32(33)46)42(20-21-44)25-15-18-41(19-16-25)22-23-9-11-26(12-10-23)43-35(27-8-5-17-38-34(27)37)40-29-14-13-28(39-36(29)43)24-6-3-2-4-7-24/h2-14,17,25,44H,15-16,18-22H2,1H3,(H2,37,38). The van der Waals surface area contributed by atoms with Crippen LogP contribution in [0.5, 0.6) is 5.75 Å². The Morgan fingerprint density at radius 1 is 0.936 bits per heavy atom. The van der Waals surface area contributed by atoms with E-state index >= 15 is 0 Å². The van der Waals surface area contributed by atoms with Crippen molar-refractivity contribution in [2.45, 2.75) is 25.4 Å². The third kappa shape index (κ3) is 5.64. The highest BCUT2D eigenvalue weighted by molar-refractivity contribution is 5.84. The summed E-state index contributed by atoms with van der Waals surface area (Å²) in [4.78, 5) is 42.8. The van der Waals surface area contributed by atoms with Gasteiger partial charge in [-0.15, -0.1) is 0 Å². The largest absolute Gasteiger partial charge is 0.491 e. The first-order valence-corrected chi connectivity index (χ1v) is 15.7. The monoisotopic (exact) mass is 629 g/mol. The molecule has 0 spiro atoms. The fraction of sp³-hybridized carbons (Fsp3) is 0.250. The zero-order chi connectivity index (χ0) is 32.5. The predicted octanol–water partition coefficient (Wildman–Crippen LogP) is 3.80. The van der Waals surface area contributed by atoms with Gasteiger partial charge in [0.2, 0.25) is 0 Å². The summed E-state index contributed by atoms with van der Waals surface area (Å²) in [6.07, 6.45) is 3.26. The van der Waals surface area contributed by atoms with E-state index in [9.17, 15) is 14.7 Å². The predicted molar refractivity (Wildman–Crippen MR) is 183 cm³/mol. The van der Waals surface area contributed by atoms with Crippen LogP contribution in [0.15, 0.2) is 94.6 Å². The second-order valence-corrected chi connectivity index (χ2v) is 11.7. The van der Waals surface area contributed by atoms with Gasteiger partial charge in [0.05, 0.1) is 25.0 Å². The number of rotatable bonds is 10. The van der Waals surface area contributed by atoms with E-state index < -0.39 is 10.9 Å². The molecule has 0 atom stereocenters. The molecule has 11 nitrogen and oxygen atoms in total. The van der Waals surface area contributed by atoms with E-state index in [4.69, 9.17) is 20.4 Å². The molecule has 0 bridgehead atoms. The molecule has 0 aliphatic carbocycles. The molecule has 7 rings (SSSR count). The highest BCUT2D eigenvalue weighted by Gasteiger charge is 2.33. The molecule has 1 fully saturated rings. The lowest BCUT2D eigenvalue weighted by atomic mass is 10.00. The minimum Gasteiger partial charge on any atom is -0.491 e. The first-order chi connectivity index (χ1) is 23.0. The maximum atomic E-state index is 12.3. The average Bonchev–Trinajstić information content (AvgIpc) is 3.49. The van der Waals surface area contributed by atoms with Crippen molar-refractivity contribution >= 4 is 22.7 Å². The molecule has 238 valence electrons. The van der Waals surface area contributed by atoms with E-state index in [-0.39, 0.29) is 24.9 Å². The van der Waals surface area contributed by atoms with E-state index in [1.807, 2.05) is 64.1 Å². The number of anilines is 2. The number of methoxy groups -OCH3 is 1. The van der Waals surface area contributed by atoms with Gasteiger partial charge in [0.1, 0.15) is 17.0 Å². The second kappa shape index (κ2) is 12.8. The number of aromatic nitrogens is 4. The number of piperidine rings is 1. The van der Waals surface area contributed by atoms with Crippen molar-refractivity contribution in [2.24, 2.45) is 0 Å². The minimum absolute atomic E-state index is 0.0408. The van der Waals surface area contributed by atoms with E-state index in [0.29, 0.717) is 17.3 Å². The number of aliphatic hydroxyl groups excluding tert-OH is 1. The molecule has 4 heterocycles. The van der Waals surface area contributed by atoms with Crippen LogP contribution in [0.3, 0.4) is 0 Å². The number of nitrogens with two attached hydrogens (primary N) is 1. The number of hydrogen-bond donors (Lipinski definition) is 2. The van der Waals surface area contributed by atoms with Crippen LogP contribution in [0.4, 0.5) is 11.5 Å². The Hall–Kier alpha value is -5.39. The lowest BCUT2D eigenvalue weighted by Crippen LogP contribution is -2.50. The highest BCUT2D eigenvalue weighted by atomic mass is 16.5. The maximum Gasteiger partial charge on any atom is 0.272 e. The Kier molecular flexibility index (Phi) is 8.23. The lowest BCUT2D eigenvalue weighted by Gasteiger charge is -2.40. The lowest BCUT2D eigenvalue weighted by molar-refractivity contribution is 0.196. The van der Waals surface area contributed by atoms with Crippen molar-refractivity contribution in [3.8, 4) is 34.1 Å². The minimum atomic E-state index is -0.599. The summed E-state index contributed by atoms with van der Waals surface area (Å²) in [5, 5.41) is 9.67. The fourth-order valence-corrected chi connectivity index (χ4v) is 6.55. The molecule has 0 amide bonds. The Morgan fingerprint density at radius 3 is 2.40 bits per heavy atom. The number of pyridine rings is 2. The van der Waals surface area contributed by atoms with Gasteiger partial charge in [-0.05, 0) is 54.8 Å². The van der Waals surface area contributed by atoms with Crippen LogP contribution in [0.1, 0.15) is 18.4 Å². The molecule has 1 aliphatic heterocycles. The molecular weight excluding hydrogens is 594 g/mol. The van der Waals surface area contributed by atoms with Gasteiger partial charge in [0.25, 0.3) is 10.9 Å². The molecule has 11 heteroatoms. The van der Waals surface area contributed by atoms with Crippen molar-refractivity contribution in [1.82, 2.24) is 24.4 Å². The average molecular weight is 630 g/mol. The Balaban J connectivity index is 1.13. The summed E-state index contributed by atoms with van der Waals surface area (Å²) in [7, 11) is 1.40.